The van der Waals surface area contributed by atoms with E-state index in [0.717, 1.165) is 50.6 Å². The summed E-state index contributed by atoms with van der Waals surface area (Å²) in [6, 6.07) is 6.10. The molecule has 0 radical (unpaired) electrons. The molecule has 112 valence electrons. The second-order valence-corrected chi connectivity index (χ2v) is 5.33. The summed E-state index contributed by atoms with van der Waals surface area (Å²) >= 11 is 0. The molecule has 6 heteroatoms. The van der Waals surface area contributed by atoms with E-state index in [2.05, 4.69) is 32.0 Å². The Morgan fingerprint density at radius 3 is 2.57 bits per heavy atom. The first-order valence-electron chi connectivity index (χ1n) is 7.45. The Kier molecular flexibility index (Phi) is 4.47. The largest absolute Gasteiger partial charge is 0.354 e. The zero-order valence-electron chi connectivity index (χ0n) is 12.2. The predicted octanol–water partition coefficient (Wildman–Crippen LogP) is 0.559. The minimum Gasteiger partial charge on any atom is -0.354 e. The molecule has 2 aromatic rings. The van der Waals surface area contributed by atoms with E-state index in [0.29, 0.717) is 6.54 Å². The summed E-state index contributed by atoms with van der Waals surface area (Å²) < 4.78 is 1.99. The van der Waals surface area contributed by atoms with Crippen molar-refractivity contribution in [2.45, 2.75) is 13.1 Å². The van der Waals surface area contributed by atoms with E-state index in [1.807, 2.05) is 29.3 Å². The first kappa shape index (κ1) is 14.0. The number of nitrogens with two attached hydrogens (primary N) is 1. The normalized spacial score (nSPS) is 16.3. The van der Waals surface area contributed by atoms with Gasteiger partial charge < -0.3 is 10.6 Å². The topological polar surface area (TPSA) is 63.2 Å². The van der Waals surface area contributed by atoms with Crippen LogP contribution in [0.15, 0.2) is 36.8 Å². The molecule has 0 aromatic carbocycles. The zero-order valence-corrected chi connectivity index (χ0v) is 12.2. The third kappa shape index (κ3) is 3.59. The Morgan fingerprint density at radius 2 is 1.95 bits per heavy atom. The summed E-state index contributed by atoms with van der Waals surface area (Å²) in [5, 5.41) is 4.24. The van der Waals surface area contributed by atoms with Crippen molar-refractivity contribution in [3.63, 3.8) is 0 Å². The van der Waals surface area contributed by atoms with E-state index in [1.165, 1.54) is 0 Å². The van der Waals surface area contributed by atoms with E-state index in [1.54, 1.807) is 0 Å². The molecule has 0 aliphatic carbocycles. The maximum absolute atomic E-state index is 5.60. The molecule has 0 unspecified atom stereocenters. The third-order valence-electron chi connectivity index (χ3n) is 3.95. The maximum atomic E-state index is 5.60. The van der Waals surface area contributed by atoms with Crippen molar-refractivity contribution in [3.05, 3.63) is 42.4 Å². The average molecular weight is 286 g/mol. The van der Waals surface area contributed by atoms with Crippen molar-refractivity contribution >= 4 is 5.82 Å². The third-order valence-corrected chi connectivity index (χ3v) is 3.95. The lowest BCUT2D eigenvalue weighted by molar-refractivity contribution is 0.244. The van der Waals surface area contributed by atoms with Gasteiger partial charge in [0.1, 0.15) is 5.82 Å². The fraction of sp³-hybridized carbons (Fsp3) is 0.467. The van der Waals surface area contributed by atoms with Gasteiger partial charge in [0.2, 0.25) is 0 Å². The number of nitrogens with zero attached hydrogens (tertiary/aromatic N) is 5. The van der Waals surface area contributed by atoms with Crippen molar-refractivity contribution in [1.29, 1.82) is 0 Å². The Morgan fingerprint density at radius 1 is 1.10 bits per heavy atom. The van der Waals surface area contributed by atoms with Gasteiger partial charge in [-0.15, -0.1) is 0 Å². The van der Waals surface area contributed by atoms with Crippen LogP contribution in [0.1, 0.15) is 5.56 Å². The van der Waals surface area contributed by atoms with Gasteiger partial charge in [-0.3, -0.25) is 9.58 Å². The molecule has 0 spiro atoms. The number of piperazine rings is 1. The van der Waals surface area contributed by atoms with Crippen molar-refractivity contribution in [3.8, 4) is 0 Å². The molecule has 6 nitrogen and oxygen atoms in total. The molecule has 0 bridgehead atoms. The Labute approximate surface area is 125 Å². The fourth-order valence-corrected chi connectivity index (χ4v) is 2.60. The monoisotopic (exact) mass is 286 g/mol. The Balaban J connectivity index is 1.47. The van der Waals surface area contributed by atoms with Gasteiger partial charge in [0.15, 0.2) is 0 Å². The summed E-state index contributed by atoms with van der Waals surface area (Å²) in [5.74, 6) is 1.05. The standard InChI is InChI=1S/C15H22N6/c16-12-14-2-3-15(17-13-14)20-9-6-19(7-10-20)8-11-21-5-1-4-18-21/h1-5,13H,6-12,16H2. The van der Waals surface area contributed by atoms with Crippen LogP contribution in [0.4, 0.5) is 5.82 Å². The fourth-order valence-electron chi connectivity index (χ4n) is 2.60. The molecule has 21 heavy (non-hydrogen) atoms. The van der Waals surface area contributed by atoms with E-state index in [4.69, 9.17) is 5.73 Å². The van der Waals surface area contributed by atoms with Crippen molar-refractivity contribution in [2.75, 3.05) is 37.6 Å². The molecule has 1 aliphatic heterocycles. The smallest absolute Gasteiger partial charge is 0.128 e. The number of anilines is 1. The van der Waals surface area contributed by atoms with Crippen molar-refractivity contribution in [2.24, 2.45) is 5.73 Å². The lowest BCUT2D eigenvalue weighted by Crippen LogP contribution is -2.47. The second-order valence-electron chi connectivity index (χ2n) is 5.33. The van der Waals surface area contributed by atoms with Gasteiger partial charge >= 0.3 is 0 Å². The number of aromatic nitrogens is 3. The van der Waals surface area contributed by atoms with Crippen LogP contribution < -0.4 is 10.6 Å². The molecule has 1 fully saturated rings. The van der Waals surface area contributed by atoms with Gasteiger partial charge in [-0.05, 0) is 17.7 Å². The summed E-state index contributed by atoms with van der Waals surface area (Å²) in [4.78, 5) is 9.31. The van der Waals surface area contributed by atoms with Crippen LogP contribution in [0.5, 0.6) is 0 Å². The molecule has 0 saturated carbocycles. The van der Waals surface area contributed by atoms with E-state index >= 15 is 0 Å². The molecule has 3 rings (SSSR count). The summed E-state index contributed by atoms with van der Waals surface area (Å²) in [5.41, 5.74) is 6.68. The highest BCUT2D eigenvalue weighted by atomic mass is 15.3. The predicted molar refractivity (Wildman–Crippen MR) is 83.0 cm³/mol. The molecule has 0 amide bonds. The molecular formula is C15H22N6. The lowest BCUT2D eigenvalue weighted by atomic mass is 10.2. The molecule has 2 N–H and O–H groups in total. The lowest BCUT2D eigenvalue weighted by Gasteiger charge is -2.35. The van der Waals surface area contributed by atoms with E-state index in [-0.39, 0.29) is 0 Å². The molecule has 1 aliphatic rings. The quantitative estimate of drug-likeness (QED) is 0.870. The minimum atomic E-state index is 0.550. The first-order chi connectivity index (χ1) is 10.3. The van der Waals surface area contributed by atoms with Gasteiger partial charge in [0.05, 0.1) is 6.54 Å². The van der Waals surface area contributed by atoms with Gasteiger partial charge in [-0.1, -0.05) is 6.07 Å². The zero-order chi connectivity index (χ0) is 14.5. The summed E-state index contributed by atoms with van der Waals surface area (Å²) in [7, 11) is 0. The van der Waals surface area contributed by atoms with Gasteiger partial charge in [0.25, 0.3) is 0 Å². The summed E-state index contributed by atoms with van der Waals surface area (Å²) in [6.07, 6.45) is 5.72. The highest BCUT2D eigenvalue weighted by Crippen LogP contribution is 2.13. The summed E-state index contributed by atoms with van der Waals surface area (Å²) in [6.45, 7) is 6.74. The highest BCUT2D eigenvalue weighted by molar-refractivity contribution is 5.39. The van der Waals surface area contributed by atoms with Crippen molar-refractivity contribution < 1.29 is 0 Å². The Bertz CT molecular complexity index is 528. The molecule has 0 atom stereocenters. The highest BCUT2D eigenvalue weighted by Gasteiger charge is 2.17. The van der Waals surface area contributed by atoms with Gasteiger partial charge in [-0.25, -0.2) is 4.98 Å². The Hall–Kier alpha value is -1.92. The van der Waals surface area contributed by atoms with Crippen LogP contribution in [0.2, 0.25) is 0 Å². The number of pyridine rings is 1. The van der Waals surface area contributed by atoms with Crippen molar-refractivity contribution in [1.82, 2.24) is 19.7 Å². The van der Waals surface area contributed by atoms with E-state index in [9.17, 15) is 0 Å². The first-order valence-corrected chi connectivity index (χ1v) is 7.45. The molecule has 3 heterocycles. The van der Waals surface area contributed by atoms with Gasteiger partial charge in [0, 0.05) is 57.9 Å². The van der Waals surface area contributed by atoms with Crippen LogP contribution >= 0.6 is 0 Å². The number of hydrogen-bond donors (Lipinski definition) is 1. The minimum absolute atomic E-state index is 0.550. The van der Waals surface area contributed by atoms with Crippen LogP contribution in [0.3, 0.4) is 0 Å². The van der Waals surface area contributed by atoms with E-state index < -0.39 is 0 Å². The van der Waals surface area contributed by atoms with Crippen LogP contribution in [0.25, 0.3) is 0 Å². The SMILES string of the molecule is NCc1ccc(N2CCN(CCn3cccn3)CC2)nc1. The van der Waals surface area contributed by atoms with Gasteiger partial charge in [-0.2, -0.15) is 5.10 Å². The molecule has 1 saturated heterocycles. The van der Waals surface area contributed by atoms with Crippen LogP contribution in [-0.4, -0.2) is 52.4 Å². The molecule has 2 aromatic heterocycles. The van der Waals surface area contributed by atoms with Crippen LogP contribution in [-0.2, 0) is 13.1 Å². The number of hydrogen-bond acceptors (Lipinski definition) is 5. The van der Waals surface area contributed by atoms with Crippen LogP contribution in [0, 0.1) is 0 Å². The average Bonchev–Trinajstić information content (AvgIpc) is 3.07. The second kappa shape index (κ2) is 6.69. The maximum Gasteiger partial charge on any atom is 0.128 e. The molecular weight excluding hydrogens is 264 g/mol. The number of rotatable bonds is 5.